The van der Waals surface area contributed by atoms with E-state index in [4.69, 9.17) is 14.9 Å². The molecule has 0 radical (unpaired) electrons. The molecule has 1 fully saturated rings. The van der Waals surface area contributed by atoms with Crippen molar-refractivity contribution in [3.63, 3.8) is 0 Å². The van der Waals surface area contributed by atoms with Crippen LogP contribution in [0.15, 0.2) is 22.8 Å². The van der Waals surface area contributed by atoms with Gasteiger partial charge in [0.15, 0.2) is 0 Å². The second kappa shape index (κ2) is 6.90. The van der Waals surface area contributed by atoms with Crippen LogP contribution in [0, 0.1) is 5.41 Å². The highest BCUT2D eigenvalue weighted by Crippen LogP contribution is 2.29. The van der Waals surface area contributed by atoms with Crippen LogP contribution < -0.4 is 11.1 Å². The first-order valence-electron chi connectivity index (χ1n) is 7.27. The zero-order valence-electron chi connectivity index (χ0n) is 12.1. The first-order chi connectivity index (χ1) is 9.66. The quantitative estimate of drug-likeness (QED) is 0.827. The number of carbonyl (C=O) groups excluding carboxylic acids is 1. The third kappa shape index (κ3) is 3.61. The third-order valence-corrected chi connectivity index (χ3v) is 4.10. The molecular formula is C15H24N2O3. The van der Waals surface area contributed by atoms with Crippen molar-refractivity contribution >= 4 is 5.91 Å². The van der Waals surface area contributed by atoms with Gasteiger partial charge in [0.05, 0.1) is 11.7 Å². The Balaban J connectivity index is 1.82. The van der Waals surface area contributed by atoms with Crippen molar-refractivity contribution < 1.29 is 13.9 Å². The average molecular weight is 280 g/mol. The van der Waals surface area contributed by atoms with E-state index in [1.54, 1.807) is 6.26 Å². The summed E-state index contributed by atoms with van der Waals surface area (Å²) in [5.74, 6) is 1.01. The Hall–Kier alpha value is -1.33. The van der Waals surface area contributed by atoms with Gasteiger partial charge < -0.3 is 20.2 Å². The molecule has 0 aliphatic carbocycles. The maximum atomic E-state index is 12.5. The molecule has 0 aromatic carbocycles. The number of amides is 1. The average Bonchev–Trinajstić information content (AvgIpc) is 2.99. The van der Waals surface area contributed by atoms with Crippen LogP contribution in [-0.2, 0) is 16.0 Å². The molecule has 1 atom stereocenters. The Bertz CT molecular complexity index is 411. The number of ether oxygens (including phenoxy) is 1. The molecule has 1 amide bonds. The summed E-state index contributed by atoms with van der Waals surface area (Å²) in [6.07, 6.45) is 4.77. The lowest BCUT2D eigenvalue weighted by Crippen LogP contribution is -2.51. The van der Waals surface area contributed by atoms with Crippen LogP contribution in [0.1, 0.15) is 31.9 Å². The fraction of sp³-hybridized carbons (Fsp3) is 0.667. The molecule has 0 saturated carbocycles. The lowest BCUT2D eigenvalue weighted by Gasteiger charge is -2.35. The lowest BCUT2D eigenvalue weighted by atomic mass is 9.79. The Morgan fingerprint density at radius 1 is 1.50 bits per heavy atom. The van der Waals surface area contributed by atoms with Gasteiger partial charge in [-0.25, -0.2) is 0 Å². The van der Waals surface area contributed by atoms with E-state index in [2.05, 4.69) is 5.32 Å². The summed E-state index contributed by atoms with van der Waals surface area (Å²) >= 11 is 0. The van der Waals surface area contributed by atoms with Crippen molar-refractivity contribution in [3.8, 4) is 0 Å². The van der Waals surface area contributed by atoms with E-state index in [9.17, 15) is 4.79 Å². The summed E-state index contributed by atoms with van der Waals surface area (Å²) in [5, 5.41) is 3.09. The zero-order chi connectivity index (χ0) is 14.4. The predicted molar refractivity (Wildman–Crippen MR) is 76.2 cm³/mol. The SMILES string of the molecule is CC(CCc1ccco1)NC(=O)C1(CN)CCOCC1. The van der Waals surface area contributed by atoms with Gasteiger partial charge in [-0.05, 0) is 38.3 Å². The Kier molecular flexibility index (Phi) is 5.20. The highest BCUT2D eigenvalue weighted by atomic mass is 16.5. The summed E-state index contributed by atoms with van der Waals surface area (Å²) in [6.45, 7) is 3.63. The van der Waals surface area contributed by atoms with Crippen molar-refractivity contribution in [3.05, 3.63) is 24.2 Å². The van der Waals surface area contributed by atoms with E-state index in [1.165, 1.54) is 0 Å². The van der Waals surface area contributed by atoms with Gasteiger partial charge in [-0.3, -0.25) is 4.79 Å². The number of carbonyl (C=O) groups is 1. The maximum Gasteiger partial charge on any atom is 0.227 e. The molecule has 0 bridgehead atoms. The summed E-state index contributed by atoms with van der Waals surface area (Å²) in [4.78, 5) is 12.5. The monoisotopic (exact) mass is 280 g/mol. The highest BCUT2D eigenvalue weighted by molar-refractivity contribution is 5.83. The molecular weight excluding hydrogens is 256 g/mol. The number of hydrogen-bond acceptors (Lipinski definition) is 4. The van der Waals surface area contributed by atoms with Crippen LogP contribution in [0.2, 0.25) is 0 Å². The van der Waals surface area contributed by atoms with Crippen molar-refractivity contribution in [2.45, 2.75) is 38.6 Å². The number of furan rings is 1. The predicted octanol–water partition coefficient (Wildman–Crippen LogP) is 1.47. The van der Waals surface area contributed by atoms with Gasteiger partial charge in [-0.1, -0.05) is 0 Å². The van der Waals surface area contributed by atoms with Gasteiger partial charge in [0.1, 0.15) is 5.76 Å². The second-order valence-electron chi connectivity index (χ2n) is 5.59. The van der Waals surface area contributed by atoms with Gasteiger partial charge in [0, 0.05) is 32.2 Å². The summed E-state index contributed by atoms with van der Waals surface area (Å²) in [7, 11) is 0. The number of nitrogens with one attached hydrogen (secondary N) is 1. The second-order valence-corrected chi connectivity index (χ2v) is 5.59. The molecule has 1 aliphatic heterocycles. The van der Waals surface area contributed by atoms with E-state index in [0.717, 1.165) is 18.6 Å². The molecule has 3 N–H and O–H groups in total. The molecule has 5 nitrogen and oxygen atoms in total. The summed E-state index contributed by atoms with van der Waals surface area (Å²) in [6, 6.07) is 3.94. The van der Waals surface area contributed by atoms with E-state index >= 15 is 0 Å². The first-order valence-corrected chi connectivity index (χ1v) is 7.27. The molecule has 1 unspecified atom stereocenters. The summed E-state index contributed by atoms with van der Waals surface area (Å²) < 4.78 is 10.6. The minimum Gasteiger partial charge on any atom is -0.469 e. The van der Waals surface area contributed by atoms with Gasteiger partial charge >= 0.3 is 0 Å². The van der Waals surface area contributed by atoms with Crippen molar-refractivity contribution in [2.24, 2.45) is 11.1 Å². The van der Waals surface area contributed by atoms with Crippen LogP contribution in [0.3, 0.4) is 0 Å². The normalized spacial score (nSPS) is 19.5. The zero-order valence-corrected chi connectivity index (χ0v) is 12.1. The fourth-order valence-electron chi connectivity index (χ4n) is 2.55. The van der Waals surface area contributed by atoms with Gasteiger partial charge in [-0.15, -0.1) is 0 Å². The van der Waals surface area contributed by atoms with Crippen LogP contribution in [0.25, 0.3) is 0 Å². The van der Waals surface area contributed by atoms with Crippen LogP contribution in [0.4, 0.5) is 0 Å². The topological polar surface area (TPSA) is 77.5 Å². The Morgan fingerprint density at radius 3 is 2.85 bits per heavy atom. The molecule has 1 saturated heterocycles. The highest BCUT2D eigenvalue weighted by Gasteiger charge is 2.39. The van der Waals surface area contributed by atoms with Gasteiger partial charge in [0.25, 0.3) is 0 Å². The van der Waals surface area contributed by atoms with E-state index in [0.29, 0.717) is 32.6 Å². The maximum absolute atomic E-state index is 12.5. The molecule has 1 aromatic rings. The van der Waals surface area contributed by atoms with Crippen LogP contribution in [-0.4, -0.2) is 31.7 Å². The molecule has 0 spiro atoms. The van der Waals surface area contributed by atoms with Gasteiger partial charge in [-0.2, -0.15) is 0 Å². The molecule has 2 heterocycles. The molecule has 20 heavy (non-hydrogen) atoms. The minimum atomic E-state index is -0.447. The molecule has 112 valence electrons. The molecule has 2 rings (SSSR count). The van der Waals surface area contributed by atoms with E-state index < -0.39 is 5.41 Å². The number of rotatable bonds is 6. The molecule has 5 heteroatoms. The molecule has 1 aromatic heterocycles. The van der Waals surface area contributed by atoms with Crippen molar-refractivity contribution in [2.75, 3.05) is 19.8 Å². The lowest BCUT2D eigenvalue weighted by molar-refractivity contribution is -0.136. The minimum absolute atomic E-state index is 0.0650. The van der Waals surface area contributed by atoms with Crippen LogP contribution in [0.5, 0.6) is 0 Å². The summed E-state index contributed by atoms with van der Waals surface area (Å²) in [5.41, 5.74) is 5.39. The fourth-order valence-corrected chi connectivity index (χ4v) is 2.55. The first kappa shape index (κ1) is 15.1. The number of hydrogen-bond donors (Lipinski definition) is 2. The largest absolute Gasteiger partial charge is 0.469 e. The van der Waals surface area contributed by atoms with Crippen molar-refractivity contribution in [1.29, 1.82) is 0 Å². The molecule has 1 aliphatic rings. The van der Waals surface area contributed by atoms with Crippen LogP contribution >= 0.6 is 0 Å². The Morgan fingerprint density at radius 2 is 2.25 bits per heavy atom. The Labute approximate surface area is 119 Å². The van der Waals surface area contributed by atoms with Crippen molar-refractivity contribution in [1.82, 2.24) is 5.32 Å². The standard InChI is InChI=1S/C15H24N2O3/c1-12(4-5-13-3-2-8-20-13)17-14(18)15(11-16)6-9-19-10-7-15/h2-3,8,12H,4-7,9-11,16H2,1H3,(H,17,18). The number of nitrogens with two attached hydrogens (primary N) is 1. The smallest absolute Gasteiger partial charge is 0.227 e. The van der Waals surface area contributed by atoms with Gasteiger partial charge in [0.2, 0.25) is 5.91 Å². The third-order valence-electron chi connectivity index (χ3n) is 4.10. The van der Waals surface area contributed by atoms with E-state index in [-0.39, 0.29) is 11.9 Å². The van der Waals surface area contributed by atoms with E-state index in [1.807, 2.05) is 19.1 Å². The number of aryl methyl sites for hydroxylation is 1.